The third kappa shape index (κ3) is 4.74. The van der Waals surface area contributed by atoms with Gasteiger partial charge in [0, 0.05) is 31.2 Å². The van der Waals surface area contributed by atoms with Crippen LogP contribution in [0.5, 0.6) is 0 Å². The Balaban J connectivity index is 1.67. The first-order valence-corrected chi connectivity index (χ1v) is 11.0. The van der Waals surface area contributed by atoms with Crippen molar-refractivity contribution in [1.82, 2.24) is 4.90 Å². The Bertz CT molecular complexity index is 945. The molecule has 0 bridgehead atoms. The van der Waals surface area contributed by atoms with Crippen molar-refractivity contribution in [2.45, 2.75) is 0 Å². The average molecular weight is 426 g/mol. The van der Waals surface area contributed by atoms with Gasteiger partial charge in [-0.3, -0.25) is 9.10 Å². The molecule has 150 valence electrons. The maximum atomic E-state index is 13.9. The normalized spacial score (nSPS) is 14.8. The van der Waals surface area contributed by atoms with E-state index in [1.807, 2.05) is 4.90 Å². The second-order valence-corrected chi connectivity index (χ2v) is 8.91. The fourth-order valence-electron chi connectivity index (χ4n) is 3.14. The van der Waals surface area contributed by atoms with Crippen LogP contribution in [0.3, 0.4) is 0 Å². The Labute approximate surface area is 169 Å². The van der Waals surface area contributed by atoms with Crippen molar-refractivity contribution in [2.75, 3.05) is 48.2 Å². The lowest BCUT2D eigenvalue weighted by molar-refractivity contribution is -0.129. The number of hydrogen-bond acceptors (Lipinski definition) is 4. The number of benzene rings is 2. The van der Waals surface area contributed by atoms with E-state index in [9.17, 15) is 17.6 Å². The summed E-state index contributed by atoms with van der Waals surface area (Å²) in [6.45, 7) is 1.45. The van der Waals surface area contributed by atoms with Crippen molar-refractivity contribution in [1.29, 1.82) is 0 Å². The number of amides is 1. The smallest absolute Gasteiger partial charge is 0.243 e. The number of para-hydroxylation sites is 1. The Morgan fingerprint density at radius 2 is 1.68 bits per heavy atom. The molecule has 1 saturated heterocycles. The number of anilines is 2. The highest BCUT2D eigenvalue weighted by atomic mass is 35.5. The first kappa shape index (κ1) is 20.4. The Morgan fingerprint density at radius 3 is 2.25 bits per heavy atom. The van der Waals surface area contributed by atoms with Crippen LogP contribution in [0, 0.1) is 5.82 Å². The van der Waals surface area contributed by atoms with Crippen molar-refractivity contribution >= 4 is 38.9 Å². The van der Waals surface area contributed by atoms with Gasteiger partial charge in [-0.1, -0.05) is 23.7 Å². The highest BCUT2D eigenvalue weighted by Crippen LogP contribution is 2.22. The van der Waals surface area contributed by atoms with E-state index in [0.717, 1.165) is 10.6 Å². The molecule has 0 N–H and O–H groups in total. The third-order valence-corrected chi connectivity index (χ3v) is 6.01. The summed E-state index contributed by atoms with van der Waals surface area (Å²) in [7, 11) is -3.64. The van der Waals surface area contributed by atoms with Gasteiger partial charge in [0.05, 0.1) is 17.6 Å². The number of hydrogen-bond donors (Lipinski definition) is 0. The molecule has 3 rings (SSSR count). The minimum Gasteiger partial charge on any atom is -0.366 e. The maximum Gasteiger partial charge on any atom is 0.243 e. The summed E-state index contributed by atoms with van der Waals surface area (Å²) in [5, 5.41) is 0.479. The molecule has 2 aromatic rings. The van der Waals surface area contributed by atoms with E-state index in [1.165, 1.54) is 6.07 Å². The van der Waals surface area contributed by atoms with E-state index in [1.54, 1.807) is 47.4 Å². The molecule has 0 radical (unpaired) electrons. The molecule has 2 aromatic carbocycles. The van der Waals surface area contributed by atoms with Gasteiger partial charge in [0.2, 0.25) is 15.9 Å². The molecule has 1 fully saturated rings. The van der Waals surface area contributed by atoms with Gasteiger partial charge in [-0.05, 0) is 36.4 Å². The summed E-state index contributed by atoms with van der Waals surface area (Å²) in [5.74, 6) is -0.596. The van der Waals surface area contributed by atoms with Gasteiger partial charge < -0.3 is 9.80 Å². The van der Waals surface area contributed by atoms with E-state index >= 15 is 0 Å². The summed E-state index contributed by atoms with van der Waals surface area (Å²) in [6.07, 6.45) is 1.06. The minimum atomic E-state index is -3.64. The van der Waals surface area contributed by atoms with Crippen LogP contribution in [0.15, 0.2) is 48.5 Å². The molecule has 0 aliphatic carbocycles. The van der Waals surface area contributed by atoms with Crippen LogP contribution in [0.2, 0.25) is 5.02 Å². The minimum absolute atomic E-state index is 0.292. The van der Waals surface area contributed by atoms with Crippen molar-refractivity contribution in [3.63, 3.8) is 0 Å². The summed E-state index contributed by atoms with van der Waals surface area (Å²) < 4.78 is 39.4. The third-order valence-electron chi connectivity index (χ3n) is 4.62. The number of piperazine rings is 1. The molecular weight excluding hydrogens is 405 g/mol. The summed E-state index contributed by atoms with van der Waals surface area (Å²) in [6, 6.07) is 12.8. The van der Waals surface area contributed by atoms with E-state index in [4.69, 9.17) is 11.6 Å². The number of nitrogens with zero attached hydrogens (tertiary/aromatic N) is 3. The first-order chi connectivity index (χ1) is 13.3. The van der Waals surface area contributed by atoms with Crippen LogP contribution in [0.1, 0.15) is 0 Å². The molecule has 1 aliphatic rings. The molecule has 0 aromatic heterocycles. The Morgan fingerprint density at radius 1 is 1.07 bits per heavy atom. The Kier molecular flexibility index (Phi) is 6.10. The van der Waals surface area contributed by atoms with Crippen LogP contribution in [0.4, 0.5) is 15.8 Å². The zero-order chi connectivity index (χ0) is 20.3. The van der Waals surface area contributed by atoms with Crippen LogP contribution in [-0.4, -0.2) is 58.2 Å². The largest absolute Gasteiger partial charge is 0.366 e. The molecular formula is C19H21ClFN3O3S. The van der Waals surface area contributed by atoms with E-state index in [2.05, 4.69) is 0 Å². The van der Waals surface area contributed by atoms with Crippen molar-refractivity contribution in [2.24, 2.45) is 0 Å². The lowest BCUT2D eigenvalue weighted by Gasteiger charge is -2.37. The van der Waals surface area contributed by atoms with E-state index < -0.39 is 10.0 Å². The lowest BCUT2D eigenvalue weighted by Crippen LogP contribution is -2.52. The zero-order valence-electron chi connectivity index (χ0n) is 15.4. The predicted molar refractivity (Wildman–Crippen MR) is 109 cm³/mol. The van der Waals surface area contributed by atoms with Crippen molar-refractivity contribution < 1.29 is 17.6 Å². The van der Waals surface area contributed by atoms with E-state index in [-0.39, 0.29) is 18.3 Å². The first-order valence-electron chi connectivity index (χ1n) is 8.76. The molecule has 1 amide bonds. The summed E-state index contributed by atoms with van der Waals surface area (Å²) in [5.41, 5.74) is 0.888. The number of halogens is 2. The van der Waals surface area contributed by atoms with Gasteiger partial charge in [-0.15, -0.1) is 0 Å². The molecule has 9 heteroatoms. The highest BCUT2D eigenvalue weighted by Gasteiger charge is 2.27. The van der Waals surface area contributed by atoms with Gasteiger partial charge >= 0.3 is 0 Å². The van der Waals surface area contributed by atoms with Crippen LogP contribution >= 0.6 is 11.6 Å². The van der Waals surface area contributed by atoms with Gasteiger partial charge in [0.1, 0.15) is 12.4 Å². The second-order valence-electron chi connectivity index (χ2n) is 6.57. The van der Waals surface area contributed by atoms with Gasteiger partial charge in [0.15, 0.2) is 0 Å². The van der Waals surface area contributed by atoms with Crippen LogP contribution < -0.4 is 9.21 Å². The molecule has 1 heterocycles. The van der Waals surface area contributed by atoms with Gasteiger partial charge in [-0.2, -0.15) is 0 Å². The standard InChI is InChI=1S/C19H21ClFN3O3S/c1-28(26,27)24(16-8-6-15(20)7-9-16)14-19(25)23-12-10-22(11-13-23)18-5-3-2-4-17(18)21/h2-9H,10-14H2,1H3. The molecule has 1 aliphatic heterocycles. The summed E-state index contributed by atoms with van der Waals surface area (Å²) in [4.78, 5) is 16.2. The van der Waals surface area contributed by atoms with Crippen molar-refractivity contribution in [3.8, 4) is 0 Å². The average Bonchev–Trinajstić information content (AvgIpc) is 2.66. The molecule has 0 atom stereocenters. The molecule has 0 spiro atoms. The lowest BCUT2D eigenvalue weighted by atomic mass is 10.2. The number of sulfonamides is 1. The quantitative estimate of drug-likeness (QED) is 0.738. The number of carbonyl (C=O) groups is 1. The number of rotatable bonds is 5. The monoisotopic (exact) mass is 425 g/mol. The molecule has 28 heavy (non-hydrogen) atoms. The highest BCUT2D eigenvalue weighted by molar-refractivity contribution is 7.92. The van der Waals surface area contributed by atoms with Gasteiger partial charge in [0.25, 0.3) is 0 Å². The predicted octanol–water partition coefficient (Wildman–Crippen LogP) is 2.59. The Hall–Kier alpha value is -2.32. The van der Waals surface area contributed by atoms with E-state index in [0.29, 0.717) is 42.6 Å². The molecule has 0 saturated carbocycles. The fraction of sp³-hybridized carbons (Fsp3) is 0.316. The number of carbonyl (C=O) groups excluding carboxylic acids is 1. The second kappa shape index (κ2) is 8.36. The maximum absolute atomic E-state index is 13.9. The van der Waals surface area contributed by atoms with Crippen molar-refractivity contribution in [3.05, 3.63) is 59.4 Å². The van der Waals surface area contributed by atoms with Crippen LogP contribution in [-0.2, 0) is 14.8 Å². The zero-order valence-corrected chi connectivity index (χ0v) is 17.0. The van der Waals surface area contributed by atoms with Gasteiger partial charge in [-0.25, -0.2) is 12.8 Å². The SMILES string of the molecule is CS(=O)(=O)N(CC(=O)N1CCN(c2ccccc2F)CC1)c1ccc(Cl)cc1. The molecule has 0 unspecified atom stereocenters. The topological polar surface area (TPSA) is 60.9 Å². The fourth-order valence-corrected chi connectivity index (χ4v) is 4.11. The van der Waals surface area contributed by atoms with Crippen LogP contribution in [0.25, 0.3) is 0 Å². The summed E-state index contributed by atoms with van der Waals surface area (Å²) >= 11 is 5.86. The molecule has 6 nitrogen and oxygen atoms in total.